The molecule has 1 saturated heterocycles. The van der Waals surface area contributed by atoms with Crippen molar-refractivity contribution < 1.29 is 14.7 Å². The second kappa shape index (κ2) is 4.35. The van der Waals surface area contributed by atoms with E-state index in [2.05, 4.69) is 0 Å². The Labute approximate surface area is 101 Å². The van der Waals surface area contributed by atoms with Crippen LogP contribution in [0.3, 0.4) is 0 Å². The Kier molecular flexibility index (Phi) is 3.05. The monoisotopic (exact) mass is 235 g/mol. The average molecular weight is 235 g/mol. The molecule has 4 heteroatoms. The highest BCUT2D eigenvalue weighted by Gasteiger charge is 2.43. The van der Waals surface area contributed by atoms with Crippen LogP contribution in [0.25, 0.3) is 0 Å². The lowest BCUT2D eigenvalue weighted by molar-refractivity contribution is -0.141. The summed E-state index contributed by atoms with van der Waals surface area (Å²) in [5.74, 6) is -1.47. The van der Waals surface area contributed by atoms with Crippen molar-refractivity contribution in [1.29, 1.82) is 0 Å². The quantitative estimate of drug-likeness (QED) is 0.808. The minimum absolute atomic E-state index is 0.0424. The summed E-state index contributed by atoms with van der Waals surface area (Å²) in [5, 5.41) is 8.99. The van der Waals surface area contributed by atoms with Crippen molar-refractivity contribution in [3.05, 3.63) is 24.3 Å². The predicted octanol–water partition coefficient (Wildman–Crippen LogP) is 1.58. The van der Waals surface area contributed by atoms with Gasteiger partial charge in [0.2, 0.25) is 5.91 Å². The maximum absolute atomic E-state index is 12.0. The second-order valence-corrected chi connectivity index (χ2v) is 4.69. The Hall–Kier alpha value is -1.58. The molecule has 0 saturated carbocycles. The predicted molar refractivity (Wildman–Crippen MR) is 63.4 cm³/mol. The molecule has 0 aromatic rings. The zero-order valence-corrected chi connectivity index (χ0v) is 9.93. The molecule has 0 radical (unpaired) electrons. The van der Waals surface area contributed by atoms with Crippen LogP contribution in [0.2, 0.25) is 0 Å². The molecule has 1 amide bonds. The van der Waals surface area contributed by atoms with Gasteiger partial charge in [-0.05, 0) is 12.8 Å². The van der Waals surface area contributed by atoms with Gasteiger partial charge in [0.1, 0.15) is 0 Å². The van der Waals surface area contributed by atoms with Gasteiger partial charge < -0.3 is 10.0 Å². The van der Waals surface area contributed by atoms with Crippen molar-refractivity contribution in [2.75, 3.05) is 6.54 Å². The van der Waals surface area contributed by atoms with Crippen LogP contribution in [0, 0.1) is 5.92 Å². The maximum Gasteiger partial charge on any atom is 0.308 e. The first-order valence-corrected chi connectivity index (χ1v) is 5.97. The summed E-state index contributed by atoms with van der Waals surface area (Å²) in [4.78, 5) is 24.7. The fourth-order valence-corrected chi connectivity index (χ4v) is 2.61. The normalized spacial score (nSPS) is 32.2. The van der Waals surface area contributed by atoms with Crippen molar-refractivity contribution >= 4 is 11.9 Å². The van der Waals surface area contributed by atoms with E-state index in [1.165, 1.54) is 0 Å². The standard InChI is InChI=1S/C13H17NO3/c1-2-13(6-4-3-5-7-13)14-9-10(12(16)17)8-11(14)15/h3-6,10H,2,7-9H2,1H3,(H,16,17)/t10-,13+/m1/s1. The van der Waals surface area contributed by atoms with E-state index in [0.29, 0.717) is 6.54 Å². The molecule has 92 valence electrons. The Morgan fingerprint density at radius 1 is 1.59 bits per heavy atom. The third-order valence-corrected chi connectivity index (χ3v) is 3.75. The lowest BCUT2D eigenvalue weighted by Crippen LogP contribution is -2.48. The number of rotatable bonds is 3. The molecule has 0 spiro atoms. The van der Waals surface area contributed by atoms with E-state index in [1.54, 1.807) is 4.90 Å². The number of carbonyl (C=O) groups is 2. The van der Waals surface area contributed by atoms with Gasteiger partial charge in [-0.3, -0.25) is 9.59 Å². The third-order valence-electron chi connectivity index (χ3n) is 3.75. The number of nitrogens with zero attached hydrogens (tertiary/aromatic N) is 1. The molecule has 0 bridgehead atoms. The average Bonchev–Trinajstić information content (AvgIpc) is 2.73. The van der Waals surface area contributed by atoms with Gasteiger partial charge in [-0.15, -0.1) is 0 Å². The van der Waals surface area contributed by atoms with E-state index in [-0.39, 0.29) is 17.9 Å². The highest BCUT2D eigenvalue weighted by Crippen LogP contribution is 2.34. The summed E-state index contributed by atoms with van der Waals surface area (Å²) < 4.78 is 0. The number of allylic oxidation sites excluding steroid dienone is 2. The summed E-state index contributed by atoms with van der Waals surface area (Å²) in [5.41, 5.74) is -0.309. The van der Waals surface area contributed by atoms with E-state index in [4.69, 9.17) is 5.11 Å². The summed E-state index contributed by atoms with van der Waals surface area (Å²) >= 11 is 0. The lowest BCUT2D eigenvalue weighted by Gasteiger charge is -2.39. The molecule has 0 aromatic carbocycles. The summed E-state index contributed by atoms with van der Waals surface area (Å²) in [6, 6.07) is 0. The maximum atomic E-state index is 12.0. The lowest BCUT2D eigenvalue weighted by atomic mass is 9.87. The molecule has 2 rings (SSSR count). The van der Waals surface area contributed by atoms with Crippen LogP contribution >= 0.6 is 0 Å². The number of likely N-dealkylation sites (tertiary alicyclic amines) is 1. The minimum Gasteiger partial charge on any atom is -0.481 e. The van der Waals surface area contributed by atoms with E-state index >= 15 is 0 Å². The number of amides is 1. The highest BCUT2D eigenvalue weighted by molar-refractivity contribution is 5.86. The van der Waals surface area contributed by atoms with Crippen molar-refractivity contribution in [1.82, 2.24) is 4.90 Å². The highest BCUT2D eigenvalue weighted by atomic mass is 16.4. The molecule has 1 aliphatic carbocycles. The summed E-state index contributed by atoms with van der Waals surface area (Å²) in [6.45, 7) is 2.37. The van der Waals surface area contributed by atoms with E-state index < -0.39 is 11.9 Å². The van der Waals surface area contributed by atoms with E-state index in [9.17, 15) is 9.59 Å². The van der Waals surface area contributed by atoms with Crippen LogP contribution in [0.5, 0.6) is 0 Å². The molecule has 17 heavy (non-hydrogen) atoms. The molecule has 1 fully saturated rings. The topological polar surface area (TPSA) is 57.6 Å². The van der Waals surface area contributed by atoms with Crippen LogP contribution in [0.4, 0.5) is 0 Å². The Bertz CT molecular complexity index is 399. The van der Waals surface area contributed by atoms with Crippen LogP contribution in [-0.4, -0.2) is 34.0 Å². The third kappa shape index (κ3) is 1.99. The Balaban J connectivity index is 2.22. The van der Waals surface area contributed by atoms with Crippen molar-refractivity contribution in [3.63, 3.8) is 0 Å². The number of hydrogen-bond acceptors (Lipinski definition) is 2. The molecule has 1 aliphatic heterocycles. The fraction of sp³-hybridized carbons (Fsp3) is 0.538. The molecule has 0 unspecified atom stereocenters. The van der Waals surface area contributed by atoms with Gasteiger partial charge in [-0.25, -0.2) is 0 Å². The van der Waals surface area contributed by atoms with E-state index in [0.717, 1.165) is 12.8 Å². The van der Waals surface area contributed by atoms with Crippen molar-refractivity contribution in [3.8, 4) is 0 Å². The molecule has 1 N–H and O–H groups in total. The summed E-state index contributed by atoms with van der Waals surface area (Å²) in [6.07, 6.45) is 9.68. The Morgan fingerprint density at radius 3 is 2.82 bits per heavy atom. The zero-order valence-electron chi connectivity index (χ0n) is 9.93. The molecular weight excluding hydrogens is 218 g/mol. The molecule has 1 heterocycles. The van der Waals surface area contributed by atoms with Crippen LogP contribution in [0.15, 0.2) is 24.3 Å². The second-order valence-electron chi connectivity index (χ2n) is 4.69. The molecular formula is C13H17NO3. The van der Waals surface area contributed by atoms with Gasteiger partial charge in [-0.2, -0.15) is 0 Å². The number of carbonyl (C=O) groups excluding carboxylic acids is 1. The first kappa shape index (κ1) is 11.9. The summed E-state index contributed by atoms with van der Waals surface area (Å²) in [7, 11) is 0. The molecule has 4 nitrogen and oxygen atoms in total. The van der Waals surface area contributed by atoms with Gasteiger partial charge in [0, 0.05) is 13.0 Å². The zero-order chi connectivity index (χ0) is 12.5. The minimum atomic E-state index is -0.873. The molecule has 2 aliphatic rings. The number of aliphatic carboxylic acids is 1. The number of carboxylic acids is 1. The van der Waals surface area contributed by atoms with Crippen molar-refractivity contribution in [2.45, 2.75) is 31.7 Å². The van der Waals surface area contributed by atoms with Gasteiger partial charge in [0.05, 0.1) is 11.5 Å². The Morgan fingerprint density at radius 2 is 2.35 bits per heavy atom. The number of carboxylic acid groups (broad SMARTS) is 1. The molecule has 0 aromatic heterocycles. The number of hydrogen-bond donors (Lipinski definition) is 1. The van der Waals surface area contributed by atoms with Gasteiger partial charge in [-0.1, -0.05) is 31.2 Å². The fourth-order valence-electron chi connectivity index (χ4n) is 2.61. The van der Waals surface area contributed by atoms with Crippen LogP contribution < -0.4 is 0 Å². The van der Waals surface area contributed by atoms with Gasteiger partial charge in [0.25, 0.3) is 0 Å². The van der Waals surface area contributed by atoms with Crippen LogP contribution in [0.1, 0.15) is 26.2 Å². The largest absolute Gasteiger partial charge is 0.481 e. The van der Waals surface area contributed by atoms with Crippen molar-refractivity contribution in [2.24, 2.45) is 5.92 Å². The first-order chi connectivity index (χ1) is 8.09. The smallest absolute Gasteiger partial charge is 0.308 e. The van der Waals surface area contributed by atoms with Gasteiger partial charge in [0.15, 0.2) is 0 Å². The molecule has 2 atom stereocenters. The van der Waals surface area contributed by atoms with Gasteiger partial charge >= 0.3 is 5.97 Å². The first-order valence-electron chi connectivity index (χ1n) is 5.97. The van der Waals surface area contributed by atoms with Crippen LogP contribution in [-0.2, 0) is 9.59 Å². The van der Waals surface area contributed by atoms with E-state index in [1.807, 2.05) is 31.2 Å². The SMILES string of the molecule is CC[C@]1(N2C[C@H](C(=O)O)CC2=O)C=CC=CC1.